The molecule has 0 amide bonds. The Morgan fingerprint density at radius 2 is 1.19 bits per heavy atom. The normalized spacial score (nSPS) is 10.6. The molecule has 0 saturated heterocycles. The van der Waals surface area contributed by atoms with Gasteiger partial charge in [-0.25, -0.2) is 0 Å². The Balaban J connectivity index is 1.79. The maximum absolute atomic E-state index is 2.23. The molecule has 0 aliphatic rings. The van der Waals surface area contributed by atoms with E-state index in [1.54, 1.807) is 0 Å². The smallest absolute Gasteiger partial charge is 0.00258 e. The van der Waals surface area contributed by atoms with Crippen molar-refractivity contribution < 1.29 is 0 Å². The minimum Gasteiger partial charge on any atom is -0.0614 e. The molecule has 21 heavy (non-hydrogen) atoms. The van der Waals surface area contributed by atoms with Crippen LogP contribution in [0.3, 0.4) is 0 Å². The van der Waals surface area contributed by atoms with Gasteiger partial charge in [0, 0.05) is 0 Å². The van der Waals surface area contributed by atoms with Crippen LogP contribution in [0, 0.1) is 13.8 Å². The summed E-state index contributed by atoms with van der Waals surface area (Å²) in [4.78, 5) is 0. The van der Waals surface area contributed by atoms with Gasteiger partial charge >= 0.3 is 0 Å². The molecular formula is C21H20. The van der Waals surface area contributed by atoms with Gasteiger partial charge in [0.05, 0.1) is 0 Å². The molecule has 3 aromatic rings. The predicted molar refractivity (Wildman–Crippen MR) is 90.6 cm³/mol. The van der Waals surface area contributed by atoms with E-state index in [4.69, 9.17) is 0 Å². The summed E-state index contributed by atoms with van der Waals surface area (Å²) in [6.45, 7) is 4.26. The first kappa shape index (κ1) is 13.6. The van der Waals surface area contributed by atoms with Crippen molar-refractivity contribution in [3.8, 4) is 11.1 Å². The summed E-state index contributed by atoms with van der Waals surface area (Å²) in [5.41, 5.74) is 7.91. The van der Waals surface area contributed by atoms with E-state index in [9.17, 15) is 0 Å². The molecular weight excluding hydrogens is 252 g/mol. The lowest BCUT2D eigenvalue weighted by atomic mass is 9.99. The lowest BCUT2D eigenvalue weighted by Crippen LogP contribution is -1.88. The monoisotopic (exact) mass is 272 g/mol. The molecule has 0 heteroatoms. The van der Waals surface area contributed by atoms with Crippen LogP contribution in [0.2, 0.25) is 0 Å². The fourth-order valence-electron chi connectivity index (χ4n) is 2.58. The molecule has 104 valence electrons. The lowest BCUT2D eigenvalue weighted by Gasteiger charge is -2.06. The fraction of sp³-hybridized carbons (Fsp3) is 0.143. The summed E-state index contributed by atoms with van der Waals surface area (Å²) < 4.78 is 0. The highest BCUT2D eigenvalue weighted by molar-refractivity contribution is 5.64. The first-order valence-electron chi connectivity index (χ1n) is 7.42. The molecule has 0 nitrogen and oxygen atoms in total. The first-order chi connectivity index (χ1) is 10.2. The number of benzene rings is 3. The molecule has 0 aromatic heterocycles. The Kier molecular flexibility index (Phi) is 3.87. The van der Waals surface area contributed by atoms with Gasteiger partial charge in [0.15, 0.2) is 0 Å². The van der Waals surface area contributed by atoms with Crippen molar-refractivity contribution in [2.75, 3.05) is 0 Å². The van der Waals surface area contributed by atoms with Gasteiger partial charge in [-0.2, -0.15) is 0 Å². The van der Waals surface area contributed by atoms with Crippen LogP contribution in [0.15, 0.2) is 72.8 Å². The van der Waals surface area contributed by atoms with Gasteiger partial charge in [0.25, 0.3) is 0 Å². The SMILES string of the molecule is Cc1ccc(Cc2ccc(-c3cccc(C)c3)cc2)cc1. The lowest BCUT2D eigenvalue weighted by molar-refractivity contribution is 1.19. The van der Waals surface area contributed by atoms with Crippen LogP contribution in [0.5, 0.6) is 0 Å². The quantitative estimate of drug-likeness (QED) is 0.585. The second-order valence-corrected chi connectivity index (χ2v) is 5.73. The highest BCUT2D eigenvalue weighted by atomic mass is 14.0. The number of hydrogen-bond acceptors (Lipinski definition) is 0. The molecule has 3 aromatic carbocycles. The number of aryl methyl sites for hydroxylation is 2. The molecule has 0 aliphatic heterocycles. The third-order valence-electron chi connectivity index (χ3n) is 3.83. The van der Waals surface area contributed by atoms with E-state index in [0.717, 1.165) is 6.42 Å². The van der Waals surface area contributed by atoms with Crippen molar-refractivity contribution in [1.82, 2.24) is 0 Å². The predicted octanol–water partition coefficient (Wildman–Crippen LogP) is 5.56. The van der Waals surface area contributed by atoms with Gasteiger partial charge < -0.3 is 0 Å². The maximum Gasteiger partial charge on any atom is -0.00258 e. The average molecular weight is 272 g/mol. The minimum absolute atomic E-state index is 0.994. The van der Waals surface area contributed by atoms with Crippen LogP contribution in [0.25, 0.3) is 11.1 Å². The number of hydrogen-bond donors (Lipinski definition) is 0. The zero-order valence-electron chi connectivity index (χ0n) is 12.6. The molecule has 0 aliphatic carbocycles. The van der Waals surface area contributed by atoms with Crippen LogP contribution in [0.4, 0.5) is 0 Å². The van der Waals surface area contributed by atoms with Crippen molar-refractivity contribution >= 4 is 0 Å². The molecule has 0 spiro atoms. The topological polar surface area (TPSA) is 0 Å². The molecule has 3 rings (SSSR count). The average Bonchev–Trinajstić information content (AvgIpc) is 2.50. The van der Waals surface area contributed by atoms with E-state index in [1.165, 1.54) is 33.4 Å². The summed E-state index contributed by atoms with van der Waals surface area (Å²) in [5.74, 6) is 0. The molecule has 0 radical (unpaired) electrons. The first-order valence-corrected chi connectivity index (χ1v) is 7.42. The van der Waals surface area contributed by atoms with Gasteiger partial charge in [-0.05, 0) is 42.5 Å². The standard InChI is InChI=1S/C21H20/c1-16-6-8-18(9-7-16)15-19-10-12-20(13-11-19)21-5-3-4-17(2)14-21/h3-14H,15H2,1-2H3. The second kappa shape index (κ2) is 5.97. The molecule has 0 bridgehead atoms. The highest BCUT2D eigenvalue weighted by Gasteiger charge is 2.00. The summed E-state index contributed by atoms with van der Waals surface area (Å²) in [5, 5.41) is 0. The Morgan fingerprint density at radius 3 is 1.81 bits per heavy atom. The molecule has 0 saturated carbocycles. The Hall–Kier alpha value is -2.34. The largest absolute Gasteiger partial charge is 0.0614 e. The molecule has 0 atom stereocenters. The van der Waals surface area contributed by atoms with E-state index >= 15 is 0 Å². The number of rotatable bonds is 3. The Morgan fingerprint density at radius 1 is 0.571 bits per heavy atom. The van der Waals surface area contributed by atoms with Gasteiger partial charge in [-0.1, -0.05) is 83.9 Å². The van der Waals surface area contributed by atoms with E-state index in [2.05, 4.69) is 86.6 Å². The zero-order valence-corrected chi connectivity index (χ0v) is 12.6. The van der Waals surface area contributed by atoms with Gasteiger partial charge in [0.2, 0.25) is 0 Å². The van der Waals surface area contributed by atoms with E-state index in [-0.39, 0.29) is 0 Å². The van der Waals surface area contributed by atoms with Crippen LogP contribution in [0.1, 0.15) is 22.3 Å². The Bertz CT molecular complexity index is 719. The van der Waals surface area contributed by atoms with E-state index in [1.807, 2.05) is 0 Å². The van der Waals surface area contributed by atoms with Crippen LogP contribution < -0.4 is 0 Å². The molecule has 0 N–H and O–H groups in total. The van der Waals surface area contributed by atoms with E-state index in [0.29, 0.717) is 0 Å². The third kappa shape index (κ3) is 3.41. The summed E-state index contributed by atoms with van der Waals surface area (Å²) in [7, 11) is 0. The van der Waals surface area contributed by atoms with Crippen LogP contribution in [-0.2, 0) is 6.42 Å². The fourth-order valence-corrected chi connectivity index (χ4v) is 2.58. The van der Waals surface area contributed by atoms with Crippen LogP contribution >= 0.6 is 0 Å². The summed E-state index contributed by atoms with van der Waals surface area (Å²) in [6, 6.07) is 26.3. The summed E-state index contributed by atoms with van der Waals surface area (Å²) >= 11 is 0. The van der Waals surface area contributed by atoms with Gasteiger partial charge in [-0.3, -0.25) is 0 Å². The maximum atomic E-state index is 2.23. The summed E-state index contributed by atoms with van der Waals surface area (Å²) in [6.07, 6.45) is 0.994. The molecule has 0 fully saturated rings. The van der Waals surface area contributed by atoms with Gasteiger partial charge in [-0.15, -0.1) is 0 Å². The van der Waals surface area contributed by atoms with Crippen LogP contribution in [-0.4, -0.2) is 0 Å². The highest BCUT2D eigenvalue weighted by Crippen LogP contribution is 2.21. The molecule has 0 heterocycles. The van der Waals surface area contributed by atoms with Crippen molar-refractivity contribution in [1.29, 1.82) is 0 Å². The minimum atomic E-state index is 0.994. The van der Waals surface area contributed by atoms with Crippen molar-refractivity contribution in [3.63, 3.8) is 0 Å². The zero-order chi connectivity index (χ0) is 14.7. The van der Waals surface area contributed by atoms with E-state index < -0.39 is 0 Å². The van der Waals surface area contributed by atoms with Crippen molar-refractivity contribution in [2.24, 2.45) is 0 Å². The molecule has 0 unspecified atom stereocenters. The third-order valence-corrected chi connectivity index (χ3v) is 3.83. The van der Waals surface area contributed by atoms with Crippen molar-refractivity contribution in [3.05, 3.63) is 95.1 Å². The Labute approximate surface area is 127 Å². The van der Waals surface area contributed by atoms with Gasteiger partial charge in [0.1, 0.15) is 0 Å². The van der Waals surface area contributed by atoms with Crippen molar-refractivity contribution in [2.45, 2.75) is 20.3 Å². The second-order valence-electron chi connectivity index (χ2n) is 5.73.